The quantitative estimate of drug-likeness (QED) is 0.765. The van der Waals surface area contributed by atoms with Crippen LogP contribution < -0.4 is 0 Å². The highest BCUT2D eigenvalue weighted by molar-refractivity contribution is 7.11. The molecule has 1 aliphatic heterocycles. The summed E-state index contributed by atoms with van der Waals surface area (Å²) in [5, 5.41) is 0. The summed E-state index contributed by atoms with van der Waals surface area (Å²) in [5.74, 6) is -0.435. The maximum atomic E-state index is 12.4. The topological polar surface area (TPSA) is 59.5 Å². The molecular weight excluding hydrogens is 252 g/mol. The number of carbonyl (C=O) groups excluding carboxylic acids is 2. The van der Waals surface area contributed by atoms with Gasteiger partial charge in [0.2, 0.25) is 0 Å². The second-order valence-corrected chi connectivity index (χ2v) is 5.15. The number of rotatable bonds is 2. The lowest BCUT2D eigenvalue weighted by molar-refractivity contribution is -0.147. The lowest BCUT2D eigenvalue weighted by Gasteiger charge is -2.33. The average molecular weight is 268 g/mol. The first kappa shape index (κ1) is 13.0. The zero-order chi connectivity index (χ0) is 13.1. The van der Waals surface area contributed by atoms with Gasteiger partial charge in [0.15, 0.2) is 0 Å². The Labute approximate surface area is 110 Å². The summed E-state index contributed by atoms with van der Waals surface area (Å²) in [4.78, 5) is 30.4. The van der Waals surface area contributed by atoms with Crippen molar-refractivity contribution in [2.45, 2.75) is 32.2 Å². The molecule has 0 aromatic carbocycles. The van der Waals surface area contributed by atoms with Crippen molar-refractivity contribution in [2.75, 3.05) is 13.7 Å². The number of aromatic nitrogens is 1. The Morgan fingerprint density at radius 3 is 2.89 bits per heavy atom. The Morgan fingerprint density at radius 2 is 2.28 bits per heavy atom. The zero-order valence-electron chi connectivity index (χ0n) is 10.5. The molecule has 0 saturated carbocycles. The number of aryl methyl sites for hydroxylation is 1. The second kappa shape index (κ2) is 5.48. The predicted octanol–water partition coefficient (Wildman–Crippen LogP) is 1.62. The van der Waals surface area contributed by atoms with Gasteiger partial charge in [0.25, 0.3) is 5.91 Å². The van der Waals surface area contributed by atoms with Crippen LogP contribution >= 0.6 is 11.3 Å². The maximum absolute atomic E-state index is 12.4. The minimum atomic E-state index is -0.447. The molecule has 98 valence electrons. The van der Waals surface area contributed by atoms with E-state index in [1.165, 1.54) is 18.4 Å². The molecule has 1 aromatic heterocycles. The van der Waals surface area contributed by atoms with E-state index < -0.39 is 6.04 Å². The molecular formula is C12H16N2O3S. The summed E-state index contributed by atoms with van der Waals surface area (Å²) >= 11 is 1.32. The first-order valence-corrected chi connectivity index (χ1v) is 6.82. The fourth-order valence-electron chi connectivity index (χ4n) is 2.19. The van der Waals surface area contributed by atoms with Crippen molar-refractivity contribution in [3.8, 4) is 0 Å². The van der Waals surface area contributed by atoms with E-state index in [4.69, 9.17) is 4.74 Å². The van der Waals surface area contributed by atoms with Crippen molar-refractivity contribution in [3.63, 3.8) is 0 Å². The average Bonchev–Trinajstić information content (AvgIpc) is 2.83. The lowest BCUT2D eigenvalue weighted by atomic mass is 10.0. The third-order valence-electron chi connectivity index (χ3n) is 3.18. The van der Waals surface area contributed by atoms with Crippen molar-refractivity contribution in [3.05, 3.63) is 16.1 Å². The van der Waals surface area contributed by atoms with Crippen LogP contribution in [0.15, 0.2) is 5.51 Å². The Kier molecular flexibility index (Phi) is 3.96. The molecule has 0 bridgehead atoms. The third-order valence-corrected chi connectivity index (χ3v) is 4.09. The van der Waals surface area contributed by atoms with Gasteiger partial charge in [-0.1, -0.05) is 0 Å². The van der Waals surface area contributed by atoms with Crippen molar-refractivity contribution in [1.29, 1.82) is 0 Å². The standard InChI is InChI=1S/C12H16N2O3S/c1-8-10(18-7-13-8)11(15)14-6-4-3-5-9(14)12(16)17-2/h7,9H,3-6H2,1-2H3/t9-/m1/s1. The Hall–Kier alpha value is -1.43. The highest BCUT2D eigenvalue weighted by atomic mass is 32.1. The molecule has 2 heterocycles. The molecule has 1 aliphatic rings. The van der Waals surface area contributed by atoms with Gasteiger partial charge < -0.3 is 9.64 Å². The molecule has 0 spiro atoms. The fraction of sp³-hybridized carbons (Fsp3) is 0.583. The molecule has 18 heavy (non-hydrogen) atoms. The minimum Gasteiger partial charge on any atom is -0.467 e. The molecule has 0 radical (unpaired) electrons. The van der Waals surface area contributed by atoms with Crippen LogP contribution in [0.25, 0.3) is 0 Å². The molecule has 0 aliphatic carbocycles. The highest BCUT2D eigenvalue weighted by Crippen LogP contribution is 2.23. The Balaban J connectivity index is 2.21. The minimum absolute atomic E-state index is 0.106. The molecule has 2 rings (SSSR count). The van der Waals surface area contributed by atoms with Crippen LogP contribution in [-0.4, -0.2) is 41.5 Å². The number of amides is 1. The summed E-state index contributed by atoms with van der Waals surface area (Å²) in [6.07, 6.45) is 2.55. The van der Waals surface area contributed by atoms with Crippen molar-refractivity contribution in [2.24, 2.45) is 0 Å². The monoisotopic (exact) mass is 268 g/mol. The van der Waals surface area contributed by atoms with Gasteiger partial charge in [0, 0.05) is 6.54 Å². The van der Waals surface area contributed by atoms with E-state index in [1.54, 1.807) is 17.3 Å². The van der Waals surface area contributed by atoms with Gasteiger partial charge >= 0.3 is 5.97 Å². The van der Waals surface area contributed by atoms with Crippen LogP contribution in [0.2, 0.25) is 0 Å². The molecule has 0 N–H and O–H groups in total. The van der Waals surface area contributed by atoms with Crippen molar-refractivity contribution >= 4 is 23.2 Å². The third kappa shape index (κ3) is 2.38. The van der Waals surface area contributed by atoms with Gasteiger partial charge in [0.1, 0.15) is 10.9 Å². The van der Waals surface area contributed by atoms with Gasteiger partial charge in [-0.15, -0.1) is 11.3 Å². The normalized spacial score (nSPS) is 19.7. The number of hydrogen-bond donors (Lipinski definition) is 0. The van der Waals surface area contributed by atoms with E-state index in [-0.39, 0.29) is 11.9 Å². The van der Waals surface area contributed by atoms with Crippen LogP contribution in [0.1, 0.15) is 34.6 Å². The molecule has 1 aromatic rings. The van der Waals surface area contributed by atoms with Crippen LogP contribution in [0.3, 0.4) is 0 Å². The van der Waals surface area contributed by atoms with Crippen molar-refractivity contribution < 1.29 is 14.3 Å². The molecule has 1 atom stereocenters. The number of nitrogens with zero attached hydrogens (tertiary/aromatic N) is 2. The molecule has 1 fully saturated rings. The highest BCUT2D eigenvalue weighted by Gasteiger charge is 2.34. The predicted molar refractivity (Wildman–Crippen MR) is 67.5 cm³/mol. The number of thiazole rings is 1. The van der Waals surface area contributed by atoms with E-state index in [1.807, 2.05) is 0 Å². The van der Waals surface area contributed by atoms with E-state index in [0.717, 1.165) is 18.5 Å². The number of hydrogen-bond acceptors (Lipinski definition) is 5. The van der Waals surface area contributed by atoms with Crippen LogP contribution in [-0.2, 0) is 9.53 Å². The first-order valence-electron chi connectivity index (χ1n) is 5.94. The van der Waals surface area contributed by atoms with E-state index in [9.17, 15) is 9.59 Å². The summed E-state index contributed by atoms with van der Waals surface area (Å²) in [7, 11) is 1.36. The van der Waals surface area contributed by atoms with Gasteiger partial charge in [-0.2, -0.15) is 0 Å². The molecule has 1 amide bonds. The fourth-order valence-corrected chi connectivity index (χ4v) is 2.95. The lowest BCUT2D eigenvalue weighted by Crippen LogP contribution is -2.48. The largest absolute Gasteiger partial charge is 0.467 e. The number of methoxy groups -OCH3 is 1. The number of esters is 1. The van der Waals surface area contributed by atoms with Gasteiger partial charge in [-0.05, 0) is 26.2 Å². The number of likely N-dealkylation sites (tertiary alicyclic amines) is 1. The summed E-state index contributed by atoms with van der Waals surface area (Å²) in [6, 6.07) is -0.447. The van der Waals surface area contributed by atoms with E-state index >= 15 is 0 Å². The van der Waals surface area contributed by atoms with E-state index in [2.05, 4.69) is 4.98 Å². The number of piperidine rings is 1. The Bertz CT molecular complexity index is 458. The number of ether oxygens (including phenoxy) is 1. The molecule has 5 nitrogen and oxygen atoms in total. The second-order valence-electron chi connectivity index (χ2n) is 4.30. The van der Waals surface area contributed by atoms with Gasteiger partial charge in [-0.25, -0.2) is 9.78 Å². The van der Waals surface area contributed by atoms with Gasteiger partial charge in [-0.3, -0.25) is 4.79 Å². The molecule has 1 saturated heterocycles. The van der Waals surface area contributed by atoms with E-state index in [0.29, 0.717) is 17.8 Å². The zero-order valence-corrected chi connectivity index (χ0v) is 11.3. The SMILES string of the molecule is COC(=O)[C@H]1CCCCN1C(=O)c1scnc1C. The Morgan fingerprint density at radius 1 is 1.50 bits per heavy atom. The smallest absolute Gasteiger partial charge is 0.328 e. The number of carbonyl (C=O) groups is 2. The maximum Gasteiger partial charge on any atom is 0.328 e. The summed E-state index contributed by atoms with van der Waals surface area (Å²) in [6.45, 7) is 2.41. The summed E-state index contributed by atoms with van der Waals surface area (Å²) < 4.78 is 4.77. The summed E-state index contributed by atoms with van der Waals surface area (Å²) in [5.41, 5.74) is 2.37. The molecule has 0 unspecified atom stereocenters. The molecule has 6 heteroatoms. The van der Waals surface area contributed by atoms with Crippen LogP contribution in [0, 0.1) is 6.92 Å². The van der Waals surface area contributed by atoms with Crippen LogP contribution in [0.4, 0.5) is 0 Å². The van der Waals surface area contributed by atoms with Crippen molar-refractivity contribution in [1.82, 2.24) is 9.88 Å². The first-order chi connectivity index (χ1) is 8.65. The van der Waals surface area contributed by atoms with Crippen LogP contribution in [0.5, 0.6) is 0 Å². The van der Waals surface area contributed by atoms with Gasteiger partial charge in [0.05, 0.1) is 18.3 Å².